The van der Waals surface area contributed by atoms with Crippen LogP contribution >= 0.6 is 0 Å². The third-order valence-electron chi connectivity index (χ3n) is 8.23. The predicted octanol–water partition coefficient (Wildman–Crippen LogP) is 1.23. The molecule has 3 aliphatic rings. The van der Waals surface area contributed by atoms with Crippen molar-refractivity contribution in [3.05, 3.63) is 22.8 Å². The van der Waals surface area contributed by atoms with E-state index in [9.17, 15) is 30.3 Å². The number of aliphatic hydroxyl groups excluding tert-OH is 5. The molecule has 8 atom stereocenters. The van der Waals surface area contributed by atoms with Crippen LogP contribution in [0, 0.1) is 16.7 Å². The number of aldehydes is 1. The van der Waals surface area contributed by atoms with Crippen molar-refractivity contribution in [2.75, 3.05) is 19.8 Å². The first kappa shape index (κ1) is 26.5. The Bertz CT molecular complexity index is 764. The first-order valence-electron chi connectivity index (χ1n) is 12.0. The molecule has 1 saturated carbocycles. The highest BCUT2D eigenvalue weighted by Gasteiger charge is 2.57. The zero-order valence-electron chi connectivity index (χ0n) is 19.9. The molecule has 2 fully saturated rings. The average molecular weight is 469 g/mol. The van der Waals surface area contributed by atoms with Gasteiger partial charge in [0.1, 0.15) is 24.6 Å². The van der Waals surface area contributed by atoms with Gasteiger partial charge < -0.3 is 35.0 Å². The maximum Gasteiger partial charge on any atom is 0.186 e. The fourth-order valence-corrected chi connectivity index (χ4v) is 6.48. The lowest BCUT2D eigenvalue weighted by molar-refractivity contribution is -0.297. The Kier molecular flexibility index (Phi) is 8.54. The van der Waals surface area contributed by atoms with E-state index in [0.717, 1.165) is 43.1 Å². The molecule has 1 aliphatic heterocycles. The third-order valence-corrected chi connectivity index (χ3v) is 8.23. The number of rotatable bonds is 8. The highest BCUT2D eigenvalue weighted by atomic mass is 16.7. The van der Waals surface area contributed by atoms with Crippen molar-refractivity contribution in [2.45, 2.75) is 90.0 Å². The van der Waals surface area contributed by atoms with E-state index in [1.165, 1.54) is 0 Å². The molecule has 1 heterocycles. The van der Waals surface area contributed by atoms with Crippen molar-refractivity contribution in [3.63, 3.8) is 0 Å². The number of ether oxygens (including phenoxy) is 2. The molecular weight excluding hydrogens is 428 g/mol. The number of carbonyl (C=O) groups excluding carboxylic acids is 1. The molecule has 8 nitrogen and oxygen atoms in total. The fourth-order valence-electron chi connectivity index (χ4n) is 6.48. The quantitative estimate of drug-likeness (QED) is 0.265. The van der Waals surface area contributed by atoms with Gasteiger partial charge in [-0.25, -0.2) is 0 Å². The van der Waals surface area contributed by atoms with Crippen molar-refractivity contribution in [3.8, 4) is 0 Å². The Morgan fingerprint density at radius 3 is 2.55 bits per heavy atom. The fraction of sp³-hybridized carbons (Fsp3) is 0.800. The van der Waals surface area contributed by atoms with Gasteiger partial charge in [0.15, 0.2) is 6.29 Å². The van der Waals surface area contributed by atoms with Gasteiger partial charge in [-0.05, 0) is 49.0 Å². The van der Waals surface area contributed by atoms with Gasteiger partial charge in [-0.15, -0.1) is 0 Å². The first-order valence-corrected chi connectivity index (χ1v) is 12.0. The van der Waals surface area contributed by atoms with Crippen LogP contribution in [0.5, 0.6) is 0 Å². The molecule has 0 amide bonds. The summed E-state index contributed by atoms with van der Waals surface area (Å²) in [6, 6.07) is 0. The van der Waals surface area contributed by atoms with E-state index in [4.69, 9.17) is 9.47 Å². The predicted molar refractivity (Wildman–Crippen MR) is 121 cm³/mol. The van der Waals surface area contributed by atoms with E-state index in [0.29, 0.717) is 18.4 Å². The zero-order valence-corrected chi connectivity index (χ0v) is 19.9. The number of carbonyl (C=O) groups is 1. The molecule has 2 aliphatic carbocycles. The lowest BCUT2D eigenvalue weighted by Gasteiger charge is -2.58. The number of fused-ring (bicyclic) bond motifs is 1. The lowest BCUT2D eigenvalue weighted by Crippen LogP contribution is -2.59. The maximum absolute atomic E-state index is 12.2. The van der Waals surface area contributed by atoms with Crippen molar-refractivity contribution in [2.24, 2.45) is 16.7 Å². The Hall–Kier alpha value is -1.13. The Morgan fingerprint density at radius 2 is 1.91 bits per heavy atom. The van der Waals surface area contributed by atoms with Crippen LogP contribution < -0.4 is 0 Å². The summed E-state index contributed by atoms with van der Waals surface area (Å²) < 4.78 is 11.8. The van der Waals surface area contributed by atoms with Crippen molar-refractivity contribution < 1.29 is 39.8 Å². The number of hydrogen-bond donors (Lipinski definition) is 5. The number of allylic oxidation sites excluding steroid dienone is 2. The van der Waals surface area contributed by atoms with E-state index >= 15 is 0 Å². The second kappa shape index (κ2) is 10.6. The summed E-state index contributed by atoms with van der Waals surface area (Å²) >= 11 is 0. The van der Waals surface area contributed by atoms with Crippen LogP contribution in [0.15, 0.2) is 22.8 Å². The third kappa shape index (κ3) is 5.12. The molecule has 8 heteroatoms. The summed E-state index contributed by atoms with van der Waals surface area (Å²) in [6.45, 7) is 5.94. The molecule has 33 heavy (non-hydrogen) atoms. The largest absolute Gasteiger partial charge is 0.396 e. The highest BCUT2D eigenvalue weighted by molar-refractivity contribution is 5.76. The molecule has 5 N–H and O–H groups in total. The van der Waals surface area contributed by atoms with Crippen LogP contribution in [-0.2, 0) is 14.3 Å². The average Bonchev–Trinajstić information content (AvgIpc) is 2.78. The smallest absolute Gasteiger partial charge is 0.186 e. The first-order chi connectivity index (χ1) is 15.6. The summed E-state index contributed by atoms with van der Waals surface area (Å²) in [5, 5.41) is 49.9. The SMILES string of the molecule is C/C(=C\CO)CCC1=C(C=O)CC(OC2OCC(O)C(O)C2O)C2C(C)(CO)CCCC12C. The topological polar surface area (TPSA) is 137 Å². The van der Waals surface area contributed by atoms with Crippen molar-refractivity contribution in [1.82, 2.24) is 0 Å². The van der Waals surface area contributed by atoms with Crippen LogP contribution in [0.3, 0.4) is 0 Å². The minimum atomic E-state index is -1.42. The molecule has 8 unspecified atom stereocenters. The van der Waals surface area contributed by atoms with Crippen LogP contribution in [0.1, 0.15) is 59.3 Å². The second-order valence-electron chi connectivity index (χ2n) is 10.5. The van der Waals surface area contributed by atoms with Crippen molar-refractivity contribution in [1.29, 1.82) is 0 Å². The minimum absolute atomic E-state index is 0.0198. The summed E-state index contributed by atoms with van der Waals surface area (Å²) in [7, 11) is 0. The Morgan fingerprint density at radius 1 is 1.18 bits per heavy atom. The summed E-state index contributed by atoms with van der Waals surface area (Å²) in [4.78, 5) is 12.2. The van der Waals surface area contributed by atoms with E-state index in [1.54, 1.807) is 6.08 Å². The van der Waals surface area contributed by atoms with E-state index < -0.39 is 41.5 Å². The Labute approximate surface area is 195 Å². The number of hydrogen-bond acceptors (Lipinski definition) is 8. The molecule has 0 aromatic heterocycles. The molecule has 0 spiro atoms. The van der Waals surface area contributed by atoms with Crippen LogP contribution in [0.4, 0.5) is 0 Å². The van der Waals surface area contributed by atoms with Gasteiger partial charge in [0.05, 0.1) is 19.3 Å². The molecule has 0 aromatic rings. The zero-order chi connectivity index (χ0) is 24.4. The standard InChI is InChI=1S/C25H40O8/c1-15(7-10-26)5-6-17-16(12-27)11-19(33-23-21(31)20(30)18(29)13-32-23)22-24(2,14-28)8-4-9-25(17,22)3/h7,12,18-23,26,28-31H,4-6,8-11,13-14H2,1-3H3/b15-7+. The molecule has 1 saturated heterocycles. The highest BCUT2D eigenvalue weighted by Crippen LogP contribution is 2.61. The normalized spacial score (nSPS) is 42.2. The van der Waals surface area contributed by atoms with Gasteiger partial charge in [-0.2, -0.15) is 0 Å². The van der Waals surface area contributed by atoms with Crippen LogP contribution in [0.2, 0.25) is 0 Å². The monoisotopic (exact) mass is 468 g/mol. The van der Waals surface area contributed by atoms with E-state index in [1.807, 2.05) is 13.8 Å². The molecule has 188 valence electrons. The summed E-state index contributed by atoms with van der Waals surface area (Å²) in [5.74, 6) is -0.135. The molecule has 0 bridgehead atoms. The Balaban J connectivity index is 1.97. The summed E-state index contributed by atoms with van der Waals surface area (Å²) in [6.07, 6.45) is 1.33. The maximum atomic E-state index is 12.2. The molecule has 0 aromatic carbocycles. The lowest BCUT2D eigenvalue weighted by atomic mass is 9.48. The van der Waals surface area contributed by atoms with Gasteiger partial charge in [0, 0.05) is 18.9 Å². The van der Waals surface area contributed by atoms with Gasteiger partial charge >= 0.3 is 0 Å². The van der Waals surface area contributed by atoms with E-state index in [2.05, 4.69) is 6.92 Å². The summed E-state index contributed by atoms with van der Waals surface area (Å²) in [5.41, 5.74) is 1.95. The van der Waals surface area contributed by atoms with Crippen LogP contribution in [-0.4, -0.2) is 82.3 Å². The van der Waals surface area contributed by atoms with Gasteiger partial charge in [-0.1, -0.05) is 37.5 Å². The van der Waals surface area contributed by atoms with Gasteiger partial charge in [0.25, 0.3) is 0 Å². The van der Waals surface area contributed by atoms with Gasteiger partial charge in [0.2, 0.25) is 0 Å². The van der Waals surface area contributed by atoms with Crippen molar-refractivity contribution >= 4 is 6.29 Å². The van der Waals surface area contributed by atoms with Gasteiger partial charge in [-0.3, -0.25) is 4.79 Å². The number of aliphatic hydroxyl groups is 5. The molecule has 3 rings (SSSR count). The van der Waals surface area contributed by atoms with E-state index in [-0.39, 0.29) is 25.7 Å². The minimum Gasteiger partial charge on any atom is -0.396 e. The second-order valence-corrected chi connectivity index (χ2v) is 10.5. The van der Waals surface area contributed by atoms with Crippen LogP contribution in [0.25, 0.3) is 0 Å². The molecule has 0 radical (unpaired) electrons. The molecular formula is C25H40O8.